The molecule has 0 spiro atoms. The van der Waals surface area contributed by atoms with Crippen molar-refractivity contribution >= 4 is 11.9 Å². The summed E-state index contributed by atoms with van der Waals surface area (Å²) in [6.07, 6.45) is 5.35. The summed E-state index contributed by atoms with van der Waals surface area (Å²) in [6.45, 7) is 9.35. The smallest absolute Gasteiger partial charge is 0.317 e. The summed E-state index contributed by atoms with van der Waals surface area (Å²) in [5.74, 6) is 0.141. The predicted octanol–water partition coefficient (Wildman–Crippen LogP) is 1.56. The number of nitrogens with one attached hydrogen (secondary N) is 2. The molecule has 3 rings (SSSR count). The van der Waals surface area contributed by atoms with E-state index in [1.54, 1.807) is 6.92 Å². The molecule has 3 fully saturated rings. The van der Waals surface area contributed by atoms with Crippen LogP contribution in [0.2, 0.25) is 0 Å². The van der Waals surface area contributed by atoms with Gasteiger partial charge in [0.1, 0.15) is 0 Å². The van der Waals surface area contributed by atoms with Crippen molar-refractivity contribution in [1.29, 1.82) is 0 Å². The quantitative estimate of drug-likeness (QED) is 0.801. The molecule has 1 aliphatic carbocycles. The molecule has 3 aliphatic rings. The van der Waals surface area contributed by atoms with E-state index in [-0.39, 0.29) is 18.0 Å². The third-order valence-corrected chi connectivity index (χ3v) is 5.61. The van der Waals surface area contributed by atoms with E-state index in [1.807, 2.05) is 9.80 Å². The van der Waals surface area contributed by atoms with Crippen LogP contribution in [0.1, 0.15) is 52.9 Å². The molecule has 3 amide bonds. The van der Waals surface area contributed by atoms with E-state index in [0.29, 0.717) is 30.6 Å². The highest BCUT2D eigenvalue weighted by molar-refractivity contribution is 5.76. The average Bonchev–Trinajstić information content (AvgIpc) is 3.13. The second-order valence-corrected chi connectivity index (χ2v) is 8.52. The Morgan fingerprint density at radius 3 is 2.62 bits per heavy atom. The van der Waals surface area contributed by atoms with Crippen molar-refractivity contribution in [1.82, 2.24) is 20.4 Å². The lowest BCUT2D eigenvalue weighted by Crippen LogP contribution is -2.50. The summed E-state index contributed by atoms with van der Waals surface area (Å²) in [5, 5.41) is 6.59. The van der Waals surface area contributed by atoms with Crippen LogP contribution < -0.4 is 10.6 Å². The Hall–Kier alpha value is -1.30. The fourth-order valence-corrected chi connectivity index (χ4v) is 4.13. The lowest BCUT2D eigenvalue weighted by atomic mass is 9.91. The lowest BCUT2D eigenvalue weighted by molar-refractivity contribution is -0.130. The van der Waals surface area contributed by atoms with Crippen molar-refractivity contribution < 1.29 is 9.59 Å². The maximum absolute atomic E-state index is 12.6. The Bertz CT molecular complexity index is 489. The molecule has 2 aliphatic heterocycles. The molecule has 0 aromatic heterocycles. The minimum absolute atomic E-state index is 0.0308. The van der Waals surface area contributed by atoms with Crippen molar-refractivity contribution in [2.24, 2.45) is 5.41 Å². The van der Waals surface area contributed by atoms with Gasteiger partial charge in [-0.25, -0.2) is 4.79 Å². The summed E-state index contributed by atoms with van der Waals surface area (Å²) in [6, 6.07) is 0.980. The first-order valence-corrected chi connectivity index (χ1v) is 9.41. The molecule has 2 atom stereocenters. The van der Waals surface area contributed by atoms with Gasteiger partial charge in [0.05, 0.1) is 6.04 Å². The highest BCUT2D eigenvalue weighted by atomic mass is 16.2. The van der Waals surface area contributed by atoms with Crippen molar-refractivity contribution in [3.8, 4) is 0 Å². The zero-order valence-electron chi connectivity index (χ0n) is 15.3. The van der Waals surface area contributed by atoms with Gasteiger partial charge in [0.2, 0.25) is 5.91 Å². The van der Waals surface area contributed by atoms with Crippen molar-refractivity contribution in [3.05, 3.63) is 0 Å². The van der Waals surface area contributed by atoms with Gasteiger partial charge in [0.25, 0.3) is 0 Å². The van der Waals surface area contributed by atoms with E-state index >= 15 is 0 Å². The molecule has 0 bridgehead atoms. The van der Waals surface area contributed by atoms with E-state index in [9.17, 15) is 9.59 Å². The number of nitrogens with zero attached hydrogens (tertiary/aromatic N) is 2. The van der Waals surface area contributed by atoms with Gasteiger partial charge in [0, 0.05) is 45.2 Å². The molecule has 2 heterocycles. The van der Waals surface area contributed by atoms with E-state index < -0.39 is 0 Å². The SMILES string of the molecule is CC(=O)N(CC1CCCN1C(=O)NC[C@@H]1CC(C)(C)CN1)C1CC1. The van der Waals surface area contributed by atoms with E-state index in [2.05, 4.69) is 24.5 Å². The topological polar surface area (TPSA) is 64.7 Å². The largest absolute Gasteiger partial charge is 0.338 e. The Kier molecular flexibility index (Phi) is 5.04. The van der Waals surface area contributed by atoms with Gasteiger partial charge in [-0.2, -0.15) is 0 Å². The van der Waals surface area contributed by atoms with Crippen molar-refractivity contribution in [2.45, 2.75) is 71.0 Å². The molecule has 1 unspecified atom stereocenters. The highest BCUT2D eigenvalue weighted by Gasteiger charge is 2.37. The van der Waals surface area contributed by atoms with Gasteiger partial charge in [0.15, 0.2) is 0 Å². The molecule has 136 valence electrons. The lowest BCUT2D eigenvalue weighted by Gasteiger charge is -2.31. The number of carbonyl (C=O) groups excluding carboxylic acids is 2. The molecule has 2 N–H and O–H groups in total. The van der Waals surface area contributed by atoms with Crippen molar-refractivity contribution in [3.63, 3.8) is 0 Å². The zero-order valence-corrected chi connectivity index (χ0v) is 15.3. The summed E-state index contributed by atoms with van der Waals surface area (Å²) < 4.78 is 0. The van der Waals surface area contributed by atoms with Crippen LogP contribution in [0.3, 0.4) is 0 Å². The Morgan fingerprint density at radius 1 is 1.29 bits per heavy atom. The summed E-state index contributed by atoms with van der Waals surface area (Å²) in [5.41, 5.74) is 0.317. The second-order valence-electron chi connectivity index (χ2n) is 8.52. The van der Waals surface area contributed by atoms with Gasteiger partial charge in [-0.05, 0) is 37.5 Å². The number of likely N-dealkylation sites (tertiary alicyclic amines) is 1. The first-order chi connectivity index (χ1) is 11.4. The Morgan fingerprint density at radius 2 is 2.04 bits per heavy atom. The number of rotatable bonds is 5. The van der Waals surface area contributed by atoms with Crippen LogP contribution in [0.25, 0.3) is 0 Å². The molecule has 6 nitrogen and oxygen atoms in total. The molecular formula is C18H32N4O2. The van der Waals surface area contributed by atoms with Crippen LogP contribution in [-0.4, -0.2) is 66.0 Å². The standard InChI is InChI=1S/C18H32N4O2/c1-13(23)22(15-6-7-15)11-16-5-4-8-21(16)17(24)19-10-14-9-18(2,3)12-20-14/h14-16,20H,4-12H2,1-3H3,(H,19,24)/t14-,16?/m0/s1. The Labute approximate surface area is 145 Å². The molecule has 0 aromatic carbocycles. The van der Waals surface area contributed by atoms with E-state index in [1.165, 1.54) is 0 Å². The molecule has 24 heavy (non-hydrogen) atoms. The van der Waals surface area contributed by atoms with Gasteiger partial charge in [-0.1, -0.05) is 13.8 Å². The molecule has 2 saturated heterocycles. The fraction of sp³-hybridized carbons (Fsp3) is 0.889. The first kappa shape index (κ1) is 17.5. The normalized spacial score (nSPS) is 28.9. The molecule has 0 radical (unpaired) electrons. The maximum Gasteiger partial charge on any atom is 0.317 e. The molecule has 1 saturated carbocycles. The summed E-state index contributed by atoms with van der Waals surface area (Å²) >= 11 is 0. The summed E-state index contributed by atoms with van der Waals surface area (Å²) in [4.78, 5) is 28.4. The fourth-order valence-electron chi connectivity index (χ4n) is 4.13. The van der Waals surface area contributed by atoms with Gasteiger partial charge in [-0.3, -0.25) is 4.79 Å². The van der Waals surface area contributed by atoms with Crippen LogP contribution in [0.5, 0.6) is 0 Å². The maximum atomic E-state index is 12.6. The molecule has 6 heteroatoms. The molecular weight excluding hydrogens is 304 g/mol. The van der Waals surface area contributed by atoms with E-state index in [0.717, 1.165) is 45.2 Å². The first-order valence-electron chi connectivity index (χ1n) is 9.41. The van der Waals surface area contributed by atoms with Crippen molar-refractivity contribution in [2.75, 3.05) is 26.2 Å². The summed E-state index contributed by atoms with van der Waals surface area (Å²) in [7, 11) is 0. The third-order valence-electron chi connectivity index (χ3n) is 5.61. The van der Waals surface area contributed by atoms with Gasteiger partial charge < -0.3 is 20.4 Å². The van der Waals surface area contributed by atoms with E-state index in [4.69, 9.17) is 0 Å². The van der Waals surface area contributed by atoms with Crippen LogP contribution >= 0.6 is 0 Å². The highest BCUT2D eigenvalue weighted by Crippen LogP contribution is 2.29. The number of hydrogen-bond acceptors (Lipinski definition) is 3. The molecule has 0 aromatic rings. The van der Waals surface area contributed by atoms with Crippen LogP contribution in [0.4, 0.5) is 4.79 Å². The number of amides is 3. The van der Waals surface area contributed by atoms with Crippen LogP contribution in [0.15, 0.2) is 0 Å². The number of hydrogen-bond donors (Lipinski definition) is 2. The monoisotopic (exact) mass is 336 g/mol. The second kappa shape index (κ2) is 6.90. The predicted molar refractivity (Wildman–Crippen MR) is 93.7 cm³/mol. The third kappa shape index (κ3) is 4.21. The number of carbonyl (C=O) groups is 2. The van der Waals surface area contributed by atoms with Crippen LogP contribution in [-0.2, 0) is 4.79 Å². The average molecular weight is 336 g/mol. The number of urea groups is 1. The van der Waals surface area contributed by atoms with Gasteiger partial charge in [-0.15, -0.1) is 0 Å². The van der Waals surface area contributed by atoms with Gasteiger partial charge >= 0.3 is 6.03 Å². The Balaban J connectivity index is 1.49. The minimum Gasteiger partial charge on any atom is -0.338 e. The van der Waals surface area contributed by atoms with Crippen LogP contribution in [0, 0.1) is 5.41 Å². The minimum atomic E-state index is 0.0308. The zero-order chi connectivity index (χ0) is 17.3.